The molecule has 0 bridgehead atoms. The van der Waals surface area contributed by atoms with Gasteiger partial charge in [0.05, 0.1) is 5.69 Å². The van der Waals surface area contributed by atoms with Crippen molar-refractivity contribution >= 4 is 17.8 Å². The van der Waals surface area contributed by atoms with Crippen molar-refractivity contribution in [2.24, 2.45) is 5.92 Å². The van der Waals surface area contributed by atoms with Gasteiger partial charge in [0, 0.05) is 29.6 Å². The molecule has 1 N–H and O–H groups in total. The zero-order valence-electron chi connectivity index (χ0n) is 20.6. The standard InChI is InChI=1S/C30H30N4O2/c1-21-12-16-25(17-13-21)34-19-27(24-9-4-3-5-10-24)31-30(34)32-28(35)20-33(18-23-14-15-23)29(36)26-11-7-6-8-22(26)2/h3-13,16-17,19,23H,14-15,18,20H2,1-2H3,(H,31,32,35). The molecule has 1 aliphatic rings. The molecule has 0 atom stereocenters. The van der Waals surface area contributed by atoms with E-state index in [1.165, 1.54) is 0 Å². The molecule has 0 saturated heterocycles. The van der Waals surface area contributed by atoms with Gasteiger partial charge in [-0.25, -0.2) is 4.98 Å². The van der Waals surface area contributed by atoms with E-state index in [0.29, 0.717) is 24.0 Å². The number of hydrogen-bond donors (Lipinski definition) is 1. The molecular formula is C30H30N4O2. The molecule has 182 valence electrons. The maximum absolute atomic E-state index is 13.4. The molecule has 1 fully saturated rings. The molecule has 4 aromatic rings. The van der Waals surface area contributed by atoms with E-state index in [0.717, 1.165) is 40.9 Å². The third-order valence-electron chi connectivity index (χ3n) is 6.51. The Morgan fingerprint density at radius 3 is 2.33 bits per heavy atom. The number of benzene rings is 3. The first-order valence-corrected chi connectivity index (χ1v) is 12.3. The highest BCUT2D eigenvalue weighted by molar-refractivity contribution is 6.00. The maximum Gasteiger partial charge on any atom is 0.254 e. The maximum atomic E-state index is 13.4. The van der Waals surface area contributed by atoms with Gasteiger partial charge in [-0.3, -0.25) is 19.5 Å². The van der Waals surface area contributed by atoms with Crippen LogP contribution in [-0.4, -0.2) is 39.4 Å². The fourth-order valence-corrected chi connectivity index (χ4v) is 4.27. The predicted octanol–water partition coefficient (Wildman–Crippen LogP) is 5.65. The van der Waals surface area contributed by atoms with E-state index in [4.69, 9.17) is 4.98 Å². The Balaban J connectivity index is 1.41. The molecule has 0 spiro atoms. The van der Waals surface area contributed by atoms with Crippen LogP contribution in [0.3, 0.4) is 0 Å². The molecule has 2 amide bonds. The van der Waals surface area contributed by atoms with Gasteiger partial charge in [-0.15, -0.1) is 0 Å². The molecule has 6 heteroatoms. The number of anilines is 1. The minimum atomic E-state index is -0.267. The number of carbonyl (C=O) groups excluding carboxylic acids is 2. The highest BCUT2D eigenvalue weighted by Crippen LogP contribution is 2.30. The number of rotatable bonds is 8. The Kier molecular flexibility index (Phi) is 6.67. The zero-order valence-corrected chi connectivity index (χ0v) is 20.6. The Morgan fingerprint density at radius 1 is 0.944 bits per heavy atom. The molecule has 0 radical (unpaired) electrons. The van der Waals surface area contributed by atoms with Crippen molar-refractivity contribution in [3.8, 4) is 16.9 Å². The molecule has 1 aromatic heterocycles. The first-order valence-electron chi connectivity index (χ1n) is 12.3. The summed E-state index contributed by atoms with van der Waals surface area (Å²) in [5.41, 5.74) is 5.32. The van der Waals surface area contributed by atoms with Crippen molar-refractivity contribution < 1.29 is 9.59 Å². The van der Waals surface area contributed by atoms with E-state index in [1.54, 1.807) is 4.90 Å². The van der Waals surface area contributed by atoms with Crippen molar-refractivity contribution in [2.45, 2.75) is 26.7 Å². The molecule has 5 rings (SSSR count). The molecule has 3 aromatic carbocycles. The van der Waals surface area contributed by atoms with Crippen LogP contribution in [0.1, 0.15) is 34.3 Å². The van der Waals surface area contributed by atoms with Crippen LogP contribution in [0.4, 0.5) is 5.95 Å². The third-order valence-corrected chi connectivity index (χ3v) is 6.51. The second kappa shape index (κ2) is 10.2. The second-order valence-electron chi connectivity index (χ2n) is 9.51. The summed E-state index contributed by atoms with van der Waals surface area (Å²) in [4.78, 5) is 33.0. The van der Waals surface area contributed by atoms with Crippen LogP contribution in [0.25, 0.3) is 16.9 Å². The fraction of sp³-hybridized carbons (Fsp3) is 0.233. The minimum absolute atomic E-state index is 0.0227. The number of carbonyl (C=O) groups is 2. The first kappa shape index (κ1) is 23.5. The van der Waals surface area contributed by atoms with Crippen molar-refractivity contribution in [3.05, 3.63) is 102 Å². The summed E-state index contributed by atoms with van der Waals surface area (Å²) >= 11 is 0. The van der Waals surface area contributed by atoms with Gasteiger partial charge in [-0.1, -0.05) is 66.2 Å². The van der Waals surface area contributed by atoms with Gasteiger partial charge in [-0.05, 0) is 56.4 Å². The molecule has 1 aliphatic carbocycles. The van der Waals surface area contributed by atoms with Crippen molar-refractivity contribution in [3.63, 3.8) is 0 Å². The van der Waals surface area contributed by atoms with E-state index in [-0.39, 0.29) is 18.4 Å². The van der Waals surface area contributed by atoms with Crippen LogP contribution in [0.2, 0.25) is 0 Å². The van der Waals surface area contributed by atoms with Gasteiger partial charge < -0.3 is 4.90 Å². The molecule has 0 aliphatic heterocycles. The van der Waals surface area contributed by atoms with Crippen LogP contribution < -0.4 is 5.32 Å². The lowest BCUT2D eigenvalue weighted by Crippen LogP contribution is -2.40. The van der Waals surface area contributed by atoms with Gasteiger partial charge in [-0.2, -0.15) is 0 Å². The van der Waals surface area contributed by atoms with Gasteiger partial charge in [0.15, 0.2) is 0 Å². The van der Waals surface area contributed by atoms with Crippen molar-refractivity contribution in [1.82, 2.24) is 14.5 Å². The number of imidazole rings is 1. The van der Waals surface area contributed by atoms with Crippen LogP contribution in [0.15, 0.2) is 85.1 Å². The number of nitrogens with one attached hydrogen (secondary N) is 1. The smallest absolute Gasteiger partial charge is 0.254 e. The highest BCUT2D eigenvalue weighted by atomic mass is 16.2. The van der Waals surface area contributed by atoms with Crippen LogP contribution >= 0.6 is 0 Å². The average Bonchev–Trinajstić information content (AvgIpc) is 3.61. The van der Waals surface area contributed by atoms with Crippen LogP contribution in [-0.2, 0) is 4.79 Å². The predicted molar refractivity (Wildman–Crippen MR) is 142 cm³/mol. The number of aryl methyl sites for hydroxylation is 2. The van der Waals surface area contributed by atoms with Gasteiger partial charge in [0.1, 0.15) is 6.54 Å². The van der Waals surface area contributed by atoms with Crippen molar-refractivity contribution in [2.75, 3.05) is 18.4 Å². The summed E-state index contributed by atoms with van der Waals surface area (Å²) in [6.07, 6.45) is 4.12. The Morgan fingerprint density at radius 2 is 1.64 bits per heavy atom. The zero-order chi connectivity index (χ0) is 25.1. The van der Waals surface area contributed by atoms with Crippen molar-refractivity contribution in [1.29, 1.82) is 0 Å². The summed E-state index contributed by atoms with van der Waals surface area (Å²) in [6.45, 7) is 4.52. The lowest BCUT2D eigenvalue weighted by atomic mass is 10.1. The Bertz CT molecular complexity index is 1370. The molecule has 6 nitrogen and oxygen atoms in total. The molecule has 0 unspecified atom stereocenters. The van der Waals surface area contributed by atoms with Gasteiger partial charge >= 0.3 is 0 Å². The fourth-order valence-electron chi connectivity index (χ4n) is 4.27. The molecule has 1 saturated carbocycles. The van der Waals surface area contributed by atoms with Gasteiger partial charge in [0.25, 0.3) is 5.91 Å². The number of amides is 2. The molecular weight excluding hydrogens is 448 g/mol. The SMILES string of the molecule is Cc1ccc(-n2cc(-c3ccccc3)nc2NC(=O)CN(CC2CC2)C(=O)c2ccccc2C)cc1. The quantitative estimate of drug-likeness (QED) is 0.356. The summed E-state index contributed by atoms with van der Waals surface area (Å²) < 4.78 is 1.88. The van der Waals surface area contributed by atoms with E-state index in [2.05, 4.69) is 5.32 Å². The van der Waals surface area contributed by atoms with Crippen LogP contribution in [0, 0.1) is 19.8 Å². The van der Waals surface area contributed by atoms with E-state index in [9.17, 15) is 9.59 Å². The highest BCUT2D eigenvalue weighted by Gasteiger charge is 2.29. The molecule has 36 heavy (non-hydrogen) atoms. The number of aromatic nitrogens is 2. The first-order chi connectivity index (χ1) is 17.5. The summed E-state index contributed by atoms with van der Waals surface area (Å²) in [7, 11) is 0. The monoisotopic (exact) mass is 478 g/mol. The topological polar surface area (TPSA) is 67.2 Å². The van der Waals surface area contributed by atoms with Gasteiger partial charge in [0.2, 0.25) is 11.9 Å². The Labute approximate surface area is 211 Å². The molecule has 1 heterocycles. The number of hydrogen-bond acceptors (Lipinski definition) is 3. The summed E-state index contributed by atoms with van der Waals surface area (Å²) in [5, 5.41) is 2.98. The van der Waals surface area contributed by atoms with E-state index < -0.39 is 0 Å². The number of nitrogens with zero attached hydrogens (tertiary/aromatic N) is 3. The minimum Gasteiger partial charge on any atom is -0.329 e. The lowest BCUT2D eigenvalue weighted by Gasteiger charge is -2.23. The van der Waals surface area contributed by atoms with E-state index >= 15 is 0 Å². The second-order valence-corrected chi connectivity index (χ2v) is 9.51. The largest absolute Gasteiger partial charge is 0.329 e. The van der Waals surface area contributed by atoms with Crippen LogP contribution in [0.5, 0.6) is 0 Å². The lowest BCUT2D eigenvalue weighted by molar-refractivity contribution is -0.117. The summed E-state index contributed by atoms with van der Waals surface area (Å²) in [5.74, 6) is 0.514. The average molecular weight is 479 g/mol. The third kappa shape index (κ3) is 5.38. The Hall–Kier alpha value is -4.19. The van der Waals surface area contributed by atoms with E-state index in [1.807, 2.05) is 103 Å². The normalized spacial score (nSPS) is 12.8. The summed E-state index contributed by atoms with van der Waals surface area (Å²) in [6, 6.07) is 25.5.